The summed E-state index contributed by atoms with van der Waals surface area (Å²) in [7, 11) is -9.49. The van der Waals surface area contributed by atoms with Crippen LogP contribution in [0.4, 0.5) is 0 Å². The summed E-state index contributed by atoms with van der Waals surface area (Å²) < 4.78 is 51.3. The van der Waals surface area contributed by atoms with Crippen molar-refractivity contribution in [2.45, 2.75) is 107 Å². The van der Waals surface area contributed by atoms with Crippen LogP contribution in [0.25, 0.3) is 0 Å². The van der Waals surface area contributed by atoms with Gasteiger partial charge in [-0.05, 0) is 156 Å². The van der Waals surface area contributed by atoms with Crippen molar-refractivity contribution in [3.05, 3.63) is 72.8 Å². The van der Waals surface area contributed by atoms with Gasteiger partial charge in [-0.25, -0.2) is 8.42 Å². The van der Waals surface area contributed by atoms with Crippen LogP contribution in [0.2, 0.25) is 58.9 Å². The number of rotatable bonds is 11. The van der Waals surface area contributed by atoms with Crippen LogP contribution in [0, 0.1) is 16.7 Å². The van der Waals surface area contributed by atoms with Crippen molar-refractivity contribution in [1.82, 2.24) is 0 Å². The van der Waals surface area contributed by atoms with Gasteiger partial charge in [-0.3, -0.25) is 4.79 Å². The number of Topliss-reactive ketones (excluding diaryl/α,β-unsaturated/α-hetero) is 1. The van der Waals surface area contributed by atoms with E-state index < -0.39 is 46.2 Å². The molecular formula is C37H54O7S2Si3. The second-order valence-corrected chi connectivity index (χ2v) is 33.4. The molecule has 2 atom stereocenters. The predicted octanol–water partition coefficient (Wildman–Crippen LogP) is 9.35. The van der Waals surface area contributed by atoms with E-state index in [2.05, 4.69) is 132 Å². The van der Waals surface area contributed by atoms with Crippen LogP contribution in [0.1, 0.15) is 33.1 Å². The van der Waals surface area contributed by atoms with Crippen LogP contribution >= 0.6 is 0 Å². The first-order chi connectivity index (χ1) is 22.4. The Morgan fingerprint density at radius 2 is 1.00 bits per heavy atom. The largest absolute Gasteiger partial charge is 0.748 e. The molecule has 7 nitrogen and oxygen atoms in total. The van der Waals surface area contributed by atoms with Gasteiger partial charge in [-0.1, -0.05) is 13.8 Å². The van der Waals surface area contributed by atoms with Gasteiger partial charge in [0.1, 0.15) is 23.0 Å². The first kappa shape index (κ1) is 39.4. The van der Waals surface area contributed by atoms with E-state index in [-0.39, 0.29) is 28.0 Å². The number of carbonyl (C=O) groups is 1. The summed E-state index contributed by atoms with van der Waals surface area (Å²) >= 11 is 0. The van der Waals surface area contributed by atoms with E-state index in [1.807, 2.05) is 13.8 Å². The number of benzene rings is 3. The van der Waals surface area contributed by atoms with Gasteiger partial charge in [0.25, 0.3) is 0 Å². The number of carbonyl (C=O) groups excluding carboxylic acids is 1. The van der Waals surface area contributed by atoms with Gasteiger partial charge >= 0.3 is 0 Å². The first-order valence-corrected chi connectivity index (χ1v) is 30.0. The zero-order valence-electron chi connectivity index (χ0n) is 31.0. The molecule has 3 aromatic rings. The highest BCUT2D eigenvalue weighted by atomic mass is 32.2. The monoisotopic (exact) mass is 758 g/mol. The van der Waals surface area contributed by atoms with E-state index in [0.29, 0.717) is 12.8 Å². The third kappa shape index (κ3) is 10.4. The Bertz CT molecular complexity index is 1560. The molecule has 49 heavy (non-hydrogen) atoms. The zero-order valence-corrected chi connectivity index (χ0v) is 35.6. The molecule has 2 bridgehead atoms. The summed E-state index contributed by atoms with van der Waals surface area (Å²) in [5.41, 5.74) is -1.22. The molecule has 2 aliphatic rings. The van der Waals surface area contributed by atoms with Crippen LogP contribution in [0.3, 0.4) is 0 Å². The molecule has 2 fully saturated rings. The Morgan fingerprint density at radius 3 is 1.22 bits per heavy atom. The lowest BCUT2D eigenvalue weighted by atomic mass is 9.70. The van der Waals surface area contributed by atoms with Crippen molar-refractivity contribution in [2.24, 2.45) is 16.7 Å². The van der Waals surface area contributed by atoms with E-state index >= 15 is 0 Å². The molecule has 0 radical (unpaired) electrons. The van der Waals surface area contributed by atoms with Crippen LogP contribution in [0.5, 0.6) is 17.2 Å². The maximum atomic E-state index is 11.8. The van der Waals surface area contributed by atoms with Gasteiger partial charge in [0.15, 0.2) is 14.7 Å². The zero-order chi connectivity index (χ0) is 36.6. The Balaban J connectivity index is 0.000000299. The van der Waals surface area contributed by atoms with Gasteiger partial charge in [0.2, 0.25) is 25.0 Å². The summed E-state index contributed by atoms with van der Waals surface area (Å²) in [6.45, 7) is 23.7. The third-order valence-electron chi connectivity index (χ3n) is 9.01. The fourth-order valence-electron chi connectivity index (χ4n) is 6.81. The molecule has 3 aromatic carbocycles. The topological polar surface area (TPSA) is 102 Å². The molecular weight excluding hydrogens is 705 g/mol. The molecule has 0 aromatic heterocycles. The van der Waals surface area contributed by atoms with Crippen LogP contribution in [-0.2, 0) is 25.8 Å². The Labute approximate surface area is 300 Å². The molecule has 0 spiro atoms. The SMILES string of the molecule is CC1(C)C2CCC1(CS(=O)(=O)[O-])C(=O)C2.C[Si](C)(C)Oc1ccc([S+](c2ccc(O[Si](C)(C)C)cc2)c2ccc(O[Si](C)(C)C)cc2)cc1. The van der Waals surface area contributed by atoms with Gasteiger partial charge in [0, 0.05) is 11.8 Å². The highest BCUT2D eigenvalue weighted by Crippen LogP contribution is 2.64. The quantitative estimate of drug-likeness (QED) is 0.109. The average molecular weight is 759 g/mol. The molecule has 2 saturated carbocycles. The predicted molar refractivity (Wildman–Crippen MR) is 207 cm³/mol. The minimum Gasteiger partial charge on any atom is -0.748 e. The van der Waals surface area contributed by atoms with Crippen LogP contribution < -0.4 is 13.3 Å². The Kier molecular flexibility index (Phi) is 11.5. The molecule has 0 aliphatic heterocycles. The number of fused-ring (bicyclic) bond motifs is 2. The maximum Gasteiger partial charge on any atom is 0.242 e. The minimum atomic E-state index is -4.33. The van der Waals surface area contributed by atoms with E-state index in [4.69, 9.17) is 13.3 Å². The number of hydrogen-bond donors (Lipinski definition) is 0. The van der Waals surface area contributed by atoms with E-state index in [0.717, 1.165) is 23.7 Å². The van der Waals surface area contributed by atoms with E-state index in [1.54, 1.807) is 0 Å². The molecule has 12 heteroatoms. The summed E-state index contributed by atoms with van der Waals surface area (Å²) in [5, 5.41) is 0. The third-order valence-corrected chi connectivity index (χ3v) is 14.6. The molecule has 0 saturated heterocycles. The lowest BCUT2D eigenvalue weighted by molar-refractivity contribution is -0.128. The van der Waals surface area contributed by atoms with Crippen molar-refractivity contribution in [3.63, 3.8) is 0 Å². The van der Waals surface area contributed by atoms with Gasteiger partial charge in [-0.2, -0.15) is 0 Å². The summed E-state index contributed by atoms with van der Waals surface area (Å²) in [5.74, 6) is 2.56. The molecule has 0 heterocycles. The summed E-state index contributed by atoms with van der Waals surface area (Å²) in [6.07, 6.45) is 1.88. The number of ketones is 1. The Hall–Kier alpha value is -2.36. The lowest BCUT2D eigenvalue weighted by Gasteiger charge is -2.37. The standard InChI is InChI=1S/C27H39O3SSi3.C10H16O4S/c1-32(2,3)28-22-10-16-25(17-11-22)31(26-18-12-23(13-19-26)29-33(4,5)6)27-20-14-24(15-21-27)30-34(7,8)9;1-9(2)7-3-4-10(9,8(11)5-7)6-15(12,13)14/h10-21H,1-9H3;7H,3-6H2,1-2H3,(H,12,13,14)/q+1;/p-1. The fraction of sp³-hybridized carbons (Fsp3) is 0.486. The van der Waals surface area contributed by atoms with Crippen molar-refractivity contribution in [3.8, 4) is 17.2 Å². The maximum absolute atomic E-state index is 11.8. The van der Waals surface area contributed by atoms with Gasteiger partial charge < -0.3 is 17.8 Å². The number of hydrogen-bond acceptors (Lipinski definition) is 7. The van der Waals surface area contributed by atoms with E-state index in [9.17, 15) is 17.8 Å². The van der Waals surface area contributed by atoms with Crippen molar-refractivity contribution in [2.75, 3.05) is 5.75 Å². The first-order valence-electron chi connectivity index (χ1n) is 17.0. The molecule has 0 N–H and O–H groups in total. The molecule has 268 valence electrons. The van der Waals surface area contributed by atoms with Crippen LogP contribution in [0.15, 0.2) is 87.5 Å². The van der Waals surface area contributed by atoms with E-state index in [1.165, 1.54) is 14.7 Å². The second kappa shape index (κ2) is 14.3. The van der Waals surface area contributed by atoms with Crippen molar-refractivity contribution in [1.29, 1.82) is 0 Å². The normalized spacial score (nSPS) is 20.5. The molecule has 2 unspecified atom stereocenters. The average Bonchev–Trinajstić information content (AvgIpc) is 3.27. The second-order valence-electron chi connectivity index (χ2n) is 16.7. The van der Waals surface area contributed by atoms with Crippen LogP contribution in [-0.4, -0.2) is 49.5 Å². The summed E-state index contributed by atoms with van der Waals surface area (Å²) in [6, 6.07) is 25.9. The molecule has 5 rings (SSSR count). The fourth-order valence-corrected chi connectivity index (χ4v) is 12.7. The van der Waals surface area contributed by atoms with Crippen molar-refractivity contribution < 1.29 is 31.0 Å². The molecule has 0 amide bonds. The smallest absolute Gasteiger partial charge is 0.242 e. The lowest BCUT2D eigenvalue weighted by Crippen LogP contribution is -2.42. The summed E-state index contributed by atoms with van der Waals surface area (Å²) in [4.78, 5) is 15.6. The highest BCUT2D eigenvalue weighted by molar-refractivity contribution is 7.97. The molecule has 2 aliphatic carbocycles. The minimum absolute atomic E-state index is 0.0248. The highest BCUT2D eigenvalue weighted by Gasteiger charge is 2.64. The van der Waals surface area contributed by atoms with Gasteiger partial charge in [-0.15, -0.1) is 0 Å². The van der Waals surface area contributed by atoms with Gasteiger partial charge in [0.05, 0.1) is 26.8 Å². The van der Waals surface area contributed by atoms with Crippen molar-refractivity contribution >= 4 is 51.7 Å². The Morgan fingerprint density at radius 1 is 0.673 bits per heavy atom.